The highest BCUT2D eigenvalue weighted by molar-refractivity contribution is 14.0. The van der Waals surface area contributed by atoms with Gasteiger partial charge in [-0.1, -0.05) is 36.4 Å². The molecule has 0 bridgehead atoms. The molecule has 2 aromatic carbocycles. The van der Waals surface area contributed by atoms with Gasteiger partial charge in [0.2, 0.25) is 10.0 Å². The first-order chi connectivity index (χ1) is 14.9. The summed E-state index contributed by atoms with van der Waals surface area (Å²) in [5.74, 6) is 0.599. The molecule has 1 saturated heterocycles. The van der Waals surface area contributed by atoms with Crippen LogP contribution >= 0.6 is 24.0 Å². The van der Waals surface area contributed by atoms with Crippen LogP contribution in [-0.4, -0.2) is 59.0 Å². The number of nitrogens with zero attached hydrogens (tertiary/aromatic N) is 3. The molecule has 2 aromatic rings. The third-order valence-corrected chi connectivity index (χ3v) is 6.54. The van der Waals surface area contributed by atoms with Crippen molar-refractivity contribution in [1.29, 1.82) is 0 Å². The van der Waals surface area contributed by atoms with Gasteiger partial charge in [0.15, 0.2) is 5.96 Å². The number of benzene rings is 2. The second-order valence-electron chi connectivity index (χ2n) is 7.38. The predicted octanol–water partition coefficient (Wildman–Crippen LogP) is 2.78. The molecule has 0 radical (unpaired) electrons. The van der Waals surface area contributed by atoms with E-state index >= 15 is 0 Å². The van der Waals surface area contributed by atoms with Crippen molar-refractivity contribution in [3.8, 4) is 0 Å². The fourth-order valence-electron chi connectivity index (χ4n) is 3.49. The van der Waals surface area contributed by atoms with E-state index in [2.05, 4.69) is 19.8 Å². The highest BCUT2D eigenvalue weighted by atomic mass is 127. The van der Waals surface area contributed by atoms with E-state index in [0.717, 1.165) is 49.8 Å². The Morgan fingerprint density at radius 3 is 2.25 bits per heavy atom. The first-order valence-corrected chi connectivity index (χ1v) is 12.1. The first kappa shape index (κ1) is 26.3. The molecule has 1 aliphatic rings. The number of piperazine rings is 1. The van der Waals surface area contributed by atoms with Crippen molar-refractivity contribution >= 4 is 45.6 Å². The topological polar surface area (TPSA) is 77.0 Å². The van der Waals surface area contributed by atoms with Crippen LogP contribution in [0.5, 0.6) is 0 Å². The Kier molecular flexibility index (Phi) is 10.2. The smallest absolute Gasteiger partial charge is 0.215 e. The van der Waals surface area contributed by atoms with Gasteiger partial charge in [0, 0.05) is 32.7 Å². The highest BCUT2D eigenvalue weighted by Crippen LogP contribution is 2.20. The van der Waals surface area contributed by atoms with Crippen LogP contribution in [0.3, 0.4) is 0 Å². The number of anilines is 1. The molecule has 32 heavy (non-hydrogen) atoms. The molecule has 0 spiro atoms. The molecular weight excluding hydrogens is 544 g/mol. The van der Waals surface area contributed by atoms with Crippen LogP contribution in [0.4, 0.5) is 10.1 Å². The van der Waals surface area contributed by atoms with E-state index in [4.69, 9.17) is 4.99 Å². The average molecular weight is 575 g/mol. The maximum absolute atomic E-state index is 14.1. The maximum Gasteiger partial charge on any atom is 0.215 e. The van der Waals surface area contributed by atoms with Gasteiger partial charge in [-0.3, -0.25) is 0 Å². The minimum Gasteiger partial charge on any atom is -0.366 e. The molecule has 0 saturated carbocycles. The van der Waals surface area contributed by atoms with Gasteiger partial charge in [-0.2, -0.15) is 0 Å². The molecule has 0 aliphatic carbocycles. The zero-order valence-corrected chi connectivity index (χ0v) is 21.6. The Morgan fingerprint density at radius 1 is 1.03 bits per heavy atom. The summed E-state index contributed by atoms with van der Waals surface area (Å²) >= 11 is 0. The summed E-state index contributed by atoms with van der Waals surface area (Å²) in [5, 5.41) is 3.33. The van der Waals surface area contributed by atoms with E-state index in [0.29, 0.717) is 12.2 Å². The average Bonchev–Trinajstić information content (AvgIpc) is 2.78. The van der Waals surface area contributed by atoms with Gasteiger partial charge in [-0.05, 0) is 37.2 Å². The van der Waals surface area contributed by atoms with Crippen molar-refractivity contribution in [2.24, 2.45) is 4.99 Å². The molecule has 0 unspecified atom stereocenters. The van der Waals surface area contributed by atoms with Gasteiger partial charge in [0.1, 0.15) is 5.82 Å². The van der Waals surface area contributed by atoms with Crippen molar-refractivity contribution < 1.29 is 12.8 Å². The molecule has 0 amide bonds. The Bertz CT molecular complexity index is 994. The molecule has 1 heterocycles. The lowest BCUT2D eigenvalue weighted by Crippen LogP contribution is -2.52. The molecular formula is C22H31FIN5O2S. The van der Waals surface area contributed by atoms with Crippen LogP contribution in [0.2, 0.25) is 0 Å². The van der Waals surface area contributed by atoms with Gasteiger partial charge in [-0.15, -0.1) is 24.0 Å². The molecule has 1 aliphatic heterocycles. The second kappa shape index (κ2) is 12.4. The Balaban J connectivity index is 0.00000363. The van der Waals surface area contributed by atoms with Crippen LogP contribution < -0.4 is 14.9 Å². The lowest BCUT2D eigenvalue weighted by Gasteiger charge is -2.37. The standard InChI is InChI=1S/C22H30FN5O2S.HI/c1-3-25-22(26-16-18-8-10-19(11-9-18)17-31(29,30)24-2)28-14-12-27(13-15-28)21-7-5-4-6-20(21)23;/h4-11,24H,3,12-17H2,1-2H3,(H,25,26);1H. The molecule has 7 nitrogen and oxygen atoms in total. The molecule has 0 atom stereocenters. The van der Waals surface area contributed by atoms with Gasteiger partial charge in [0.25, 0.3) is 0 Å². The molecule has 3 rings (SSSR count). The summed E-state index contributed by atoms with van der Waals surface area (Å²) in [4.78, 5) is 9.00. The number of hydrogen-bond donors (Lipinski definition) is 2. The minimum atomic E-state index is -3.28. The fourth-order valence-corrected chi connectivity index (χ4v) is 4.27. The molecule has 1 fully saturated rings. The van der Waals surface area contributed by atoms with E-state index in [1.165, 1.54) is 13.1 Å². The predicted molar refractivity (Wildman–Crippen MR) is 139 cm³/mol. The number of para-hydroxylation sites is 1. The Hall–Kier alpha value is -1.92. The molecule has 2 N–H and O–H groups in total. The third-order valence-electron chi connectivity index (χ3n) is 5.21. The minimum absolute atomic E-state index is 0. The summed E-state index contributed by atoms with van der Waals surface area (Å²) in [5.41, 5.74) is 2.38. The number of nitrogens with one attached hydrogen (secondary N) is 2. The van der Waals surface area contributed by atoms with Gasteiger partial charge in [-0.25, -0.2) is 22.5 Å². The molecule has 0 aromatic heterocycles. The number of guanidine groups is 1. The zero-order valence-electron chi connectivity index (χ0n) is 18.4. The van der Waals surface area contributed by atoms with E-state index in [9.17, 15) is 12.8 Å². The number of sulfonamides is 1. The van der Waals surface area contributed by atoms with Crippen LogP contribution in [-0.2, 0) is 22.3 Å². The van der Waals surface area contributed by atoms with Crippen molar-refractivity contribution in [2.75, 3.05) is 44.7 Å². The summed E-state index contributed by atoms with van der Waals surface area (Å²) in [7, 11) is -1.87. The number of hydrogen-bond acceptors (Lipinski definition) is 4. The number of rotatable bonds is 7. The van der Waals surface area contributed by atoms with E-state index in [1.807, 2.05) is 43.3 Å². The van der Waals surface area contributed by atoms with Crippen LogP contribution in [0.15, 0.2) is 53.5 Å². The van der Waals surface area contributed by atoms with Gasteiger partial charge in [0.05, 0.1) is 18.0 Å². The normalized spacial score (nSPS) is 14.8. The van der Waals surface area contributed by atoms with E-state index in [1.54, 1.807) is 6.07 Å². The fraction of sp³-hybridized carbons (Fsp3) is 0.409. The number of aliphatic imine (C=N–C) groups is 1. The van der Waals surface area contributed by atoms with Crippen molar-refractivity contribution in [3.63, 3.8) is 0 Å². The van der Waals surface area contributed by atoms with Crippen LogP contribution in [0.1, 0.15) is 18.1 Å². The summed E-state index contributed by atoms with van der Waals surface area (Å²) in [6.07, 6.45) is 0. The monoisotopic (exact) mass is 575 g/mol. The summed E-state index contributed by atoms with van der Waals surface area (Å²) < 4.78 is 39.7. The summed E-state index contributed by atoms with van der Waals surface area (Å²) in [6.45, 7) is 6.23. The quantitative estimate of drug-likeness (QED) is 0.302. The lowest BCUT2D eigenvalue weighted by molar-refractivity contribution is 0.370. The van der Waals surface area contributed by atoms with Gasteiger partial charge < -0.3 is 15.1 Å². The Morgan fingerprint density at radius 2 is 1.66 bits per heavy atom. The van der Waals surface area contributed by atoms with Crippen LogP contribution in [0, 0.1) is 5.82 Å². The van der Waals surface area contributed by atoms with E-state index < -0.39 is 10.0 Å². The first-order valence-electron chi connectivity index (χ1n) is 10.4. The third kappa shape index (κ3) is 7.31. The highest BCUT2D eigenvalue weighted by Gasteiger charge is 2.21. The van der Waals surface area contributed by atoms with Crippen LogP contribution in [0.25, 0.3) is 0 Å². The maximum atomic E-state index is 14.1. The van der Waals surface area contributed by atoms with Gasteiger partial charge >= 0.3 is 0 Å². The molecule has 10 heteroatoms. The zero-order chi connectivity index (χ0) is 22.3. The van der Waals surface area contributed by atoms with Crippen molar-refractivity contribution in [2.45, 2.75) is 19.2 Å². The van der Waals surface area contributed by atoms with Crippen molar-refractivity contribution in [1.82, 2.24) is 14.9 Å². The van der Waals surface area contributed by atoms with E-state index in [-0.39, 0.29) is 35.5 Å². The largest absolute Gasteiger partial charge is 0.366 e. The lowest BCUT2D eigenvalue weighted by atomic mass is 10.1. The van der Waals surface area contributed by atoms with Crippen molar-refractivity contribution in [3.05, 3.63) is 65.5 Å². The number of halogens is 2. The molecule has 176 valence electrons. The second-order valence-corrected chi connectivity index (χ2v) is 9.30. The SMILES string of the molecule is CCNC(=NCc1ccc(CS(=O)(=O)NC)cc1)N1CCN(c2ccccc2F)CC1.I. The summed E-state index contributed by atoms with van der Waals surface area (Å²) in [6, 6.07) is 14.3. The Labute approximate surface area is 207 Å².